The molecular formula is C12H17N3OS. The zero-order valence-corrected chi connectivity index (χ0v) is 10.8. The van der Waals surface area contributed by atoms with Gasteiger partial charge >= 0.3 is 0 Å². The van der Waals surface area contributed by atoms with E-state index in [4.69, 9.17) is 17.0 Å². The van der Waals surface area contributed by atoms with Gasteiger partial charge in [-0.1, -0.05) is 0 Å². The Hall–Kier alpha value is -1.49. The van der Waals surface area contributed by atoms with Crippen LogP contribution in [0.5, 0.6) is 5.75 Å². The van der Waals surface area contributed by atoms with Crippen molar-refractivity contribution in [1.82, 2.24) is 10.6 Å². The van der Waals surface area contributed by atoms with Crippen molar-refractivity contribution in [2.24, 2.45) is 0 Å². The molecule has 1 fully saturated rings. The Morgan fingerprint density at radius 2 is 2.00 bits per heavy atom. The lowest BCUT2D eigenvalue weighted by molar-refractivity contribution is 0.415. The highest BCUT2D eigenvalue weighted by atomic mass is 32.1. The fourth-order valence-corrected chi connectivity index (χ4v) is 2.22. The Morgan fingerprint density at radius 1 is 1.29 bits per heavy atom. The van der Waals surface area contributed by atoms with Crippen LogP contribution in [0, 0.1) is 0 Å². The molecule has 2 rings (SSSR count). The number of methoxy groups -OCH3 is 1. The summed E-state index contributed by atoms with van der Waals surface area (Å²) in [6, 6.07) is 8.25. The molecule has 0 amide bonds. The van der Waals surface area contributed by atoms with Crippen LogP contribution < -0.4 is 20.7 Å². The van der Waals surface area contributed by atoms with Crippen LogP contribution >= 0.6 is 12.2 Å². The Labute approximate surface area is 107 Å². The molecule has 1 aliphatic heterocycles. The minimum atomic E-state index is 0.173. The summed E-state index contributed by atoms with van der Waals surface area (Å²) in [5.41, 5.74) is 1.06. The van der Waals surface area contributed by atoms with Gasteiger partial charge in [-0.05, 0) is 43.4 Å². The highest BCUT2D eigenvalue weighted by Crippen LogP contribution is 2.16. The monoisotopic (exact) mass is 251 g/mol. The average molecular weight is 251 g/mol. The largest absolute Gasteiger partial charge is 0.497 e. The number of ether oxygens (including phenoxy) is 1. The highest BCUT2D eigenvalue weighted by Gasteiger charge is 2.19. The first-order valence-corrected chi connectivity index (χ1v) is 6.06. The zero-order valence-electron chi connectivity index (χ0n) is 9.99. The van der Waals surface area contributed by atoms with Crippen molar-refractivity contribution in [1.29, 1.82) is 0 Å². The number of benzene rings is 1. The van der Waals surface area contributed by atoms with Crippen molar-refractivity contribution in [3.05, 3.63) is 24.3 Å². The van der Waals surface area contributed by atoms with Gasteiger partial charge in [0.05, 0.1) is 7.11 Å². The molecule has 1 saturated heterocycles. The van der Waals surface area contributed by atoms with Crippen molar-refractivity contribution in [2.75, 3.05) is 12.4 Å². The molecule has 2 atom stereocenters. The Balaban J connectivity index is 1.97. The van der Waals surface area contributed by atoms with Gasteiger partial charge in [0, 0.05) is 18.2 Å². The third kappa shape index (κ3) is 3.23. The van der Waals surface area contributed by atoms with E-state index >= 15 is 0 Å². The first-order chi connectivity index (χ1) is 8.17. The first kappa shape index (κ1) is 12.0. The Morgan fingerprint density at radius 3 is 2.59 bits per heavy atom. The lowest BCUT2D eigenvalue weighted by atomic mass is 10.1. The van der Waals surface area contributed by atoms with Crippen LogP contribution in [-0.2, 0) is 0 Å². The van der Waals surface area contributed by atoms with E-state index in [0.29, 0.717) is 11.2 Å². The molecule has 1 heterocycles. The van der Waals surface area contributed by atoms with E-state index in [1.54, 1.807) is 7.11 Å². The molecule has 0 saturated carbocycles. The van der Waals surface area contributed by atoms with Crippen LogP contribution in [0.15, 0.2) is 24.3 Å². The van der Waals surface area contributed by atoms with Gasteiger partial charge in [0.25, 0.3) is 0 Å². The molecule has 5 heteroatoms. The molecule has 2 unspecified atom stereocenters. The molecule has 17 heavy (non-hydrogen) atoms. The van der Waals surface area contributed by atoms with Crippen molar-refractivity contribution >= 4 is 23.0 Å². The van der Waals surface area contributed by atoms with Gasteiger partial charge in [0.2, 0.25) is 0 Å². The SMILES string of the molecule is COc1ccc(NC2CC(C)NC(=S)N2)cc1. The molecular weight excluding hydrogens is 234 g/mol. The van der Waals surface area contributed by atoms with E-state index < -0.39 is 0 Å². The van der Waals surface area contributed by atoms with E-state index in [2.05, 4.69) is 22.9 Å². The van der Waals surface area contributed by atoms with E-state index in [1.165, 1.54) is 0 Å². The second kappa shape index (κ2) is 5.23. The molecule has 0 radical (unpaired) electrons. The van der Waals surface area contributed by atoms with E-state index in [0.717, 1.165) is 17.9 Å². The highest BCUT2D eigenvalue weighted by molar-refractivity contribution is 7.80. The van der Waals surface area contributed by atoms with Gasteiger partial charge in [-0.3, -0.25) is 0 Å². The van der Waals surface area contributed by atoms with Gasteiger partial charge in [-0.25, -0.2) is 0 Å². The maximum absolute atomic E-state index is 5.13. The predicted molar refractivity (Wildman–Crippen MR) is 73.4 cm³/mol. The van der Waals surface area contributed by atoms with Crippen molar-refractivity contribution in [3.63, 3.8) is 0 Å². The van der Waals surface area contributed by atoms with Crippen molar-refractivity contribution in [2.45, 2.75) is 25.6 Å². The smallest absolute Gasteiger partial charge is 0.168 e. The lowest BCUT2D eigenvalue weighted by Crippen LogP contribution is -2.55. The van der Waals surface area contributed by atoms with E-state index in [-0.39, 0.29) is 6.17 Å². The summed E-state index contributed by atoms with van der Waals surface area (Å²) in [4.78, 5) is 0. The fourth-order valence-electron chi connectivity index (χ4n) is 1.88. The number of hydrogen-bond donors (Lipinski definition) is 3. The standard InChI is InChI=1S/C12H17N3OS/c1-8-7-11(15-12(17)13-8)14-9-3-5-10(16-2)6-4-9/h3-6,8,11,14H,7H2,1-2H3,(H2,13,15,17). The third-order valence-electron chi connectivity index (χ3n) is 2.70. The van der Waals surface area contributed by atoms with Crippen LogP contribution in [-0.4, -0.2) is 24.4 Å². The van der Waals surface area contributed by atoms with Crippen LogP contribution in [0.25, 0.3) is 0 Å². The number of nitrogens with one attached hydrogen (secondary N) is 3. The van der Waals surface area contributed by atoms with E-state index in [9.17, 15) is 0 Å². The number of hydrogen-bond acceptors (Lipinski definition) is 3. The van der Waals surface area contributed by atoms with Crippen molar-refractivity contribution in [3.8, 4) is 5.75 Å². The van der Waals surface area contributed by atoms with Crippen LogP contribution in [0.3, 0.4) is 0 Å². The molecule has 1 aliphatic rings. The molecule has 0 bridgehead atoms. The maximum Gasteiger partial charge on any atom is 0.168 e. The lowest BCUT2D eigenvalue weighted by Gasteiger charge is -2.32. The summed E-state index contributed by atoms with van der Waals surface area (Å²) in [7, 11) is 1.66. The van der Waals surface area contributed by atoms with Gasteiger partial charge in [0.15, 0.2) is 5.11 Å². The zero-order chi connectivity index (χ0) is 12.3. The van der Waals surface area contributed by atoms with Crippen LogP contribution in [0.4, 0.5) is 5.69 Å². The number of rotatable bonds is 3. The molecule has 0 aromatic heterocycles. The Kier molecular flexibility index (Phi) is 3.68. The summed E-state index contributed by atoms with van der Waals surface area (Å²) in [5, 5.41) is 10.5. The van der Waals surface area contributed by atoms with Gasteiger partial charge in [-0.15, -0.1) is 0 Å². The number of anilines is 1. The van der Waals surface area contributed by atoms with E-state index in [1.807, 2.05) is 24.3 Å². The first-order valence-electron chi connectivity index (χ1n) is 5.65. The summed E-state index contributed by atoms with van der Waals surface area (Å²) in [6.45, 7) is 2.12. The minimum absolute atomic E-state index is 0.173. The van der Waals surface area contributed by atoms with Gasteiger partial charge in [-0.2, -0.15) is 0 Å². The summed E-state index contributed by atoms with van der Waals surface area (Å²) >= 11 is 5.13. The summed E-state index contributed by atoms with van der Waals surface area (Å²) in [5.74, 6) is 0.859. The average Bonchev–Trinajstić information content (AvgIpc) is 2.28. The second-order valence-electron chi connectivity index (χ2n) is 4.18. The number of thiocarbonyl (C=S) groups is 1. The Bertz CT molecular complexity index is 393. The third-order valence-corrected chi connectivity index (χ3v) is 2.94. The summed E-state index contributed by atoms with van der Waals surface area (Å²) in [6.07, 6.45) is 1.15. The van der Waals surface area contributed by atoms with Gasteiger partial charge < -0.3 is 20.7 Å². The molecule has 1 aromatic carbocycles. The minimum Gasteiger partial charge on any atom is -0.497 e. The predicted octanol–water partition coefficient (Wildman–Crippen LogP) is 1.69. The second-order valence-corrected chi connectivity index (χ2v) is 4.59. The molecule has 3 N–H and O–H groups in total. The van der Waals surface area contributed by atoms with Gasteiger partial charge in [0.1, 0.15) is 11.9 Å². The summed E-state index contributed by atoms with van der Waals surface area (Å²) < 4.78 is 5.12. The normalized spacial score (nSPS) is 23.5. The topological polar surface area (TPSA) is 45.3 Å². The quantitative estimate of drug-likeness (QED) is 0.714. The fraction of sp³-hybridized carbons (Fsp3) is 0.417. The molecule has 0 spiro atoms. The molecule has 92 valence electrons. The van der Waals surface area contributed by atoms with Crippen molar-refractivity contribution < 1.29 is 4.74 Å². The maximum atomic E-state index is 5.13. The molecule has 1 aromatic rings. The van der Waals surface area contributed by atoms with Crippen LogP contribution in [0.2, 0.25) is 0 Å². The molecule has 4 nitrogen and oxygen atoms in total. The van der Waals surface area contributed by atoms with Crippen LogP contribution in [0.1, 0.15) is 13.3 Å². The molecule has 0 aliphatic carbocycles.